The molecule has 3 N–H and O–H groups in total. The summed E-state index contributed by atoms with van der Waals surface area (Å²) in [6, 6.07) is 1.70. The summed E-state index contributed by atoms with van der Waals surface area (Å²) in [6.07, 6.45) is -0.444. The van der Waals surface area contributed by atoms with Gasteiger partial charge in [-0.3, -0.25) is 4.79 Å². The van der Waals surface area contributed by atoms with Crippen LogP contribution in [-0.4, -0.2) is 27.7 Å². The molecule has 1 aliphatic carbocycles. The van der Waals surface area contributed by atoms with Crippen molar-refractivity contribution >= 4 is 5.78 Å². The molecule has 0 amide bonds. The number of hydrogen-bond acceptors (Lipinski definition) is 4. The van der Waals surface area contributed by atoms with E-state index in [1.54, 1.807) is 19.9 Å². The van der Waals surface area contributed by atoms with Crippen LogP contribution in [0.4, 0.5) is 0 Å². The van der Waals surface area contributed by atoms with Gasteiger partial charge in [-0.2, -0.15) is 0 Å². The molecule has 0 saturated carbocycles. The van der Waals surface area contributed by atoms with Crippen LogP contribution in [0.15, 0.2) is 6.07 Å². The summed E-state index contributed by atoms with van der Waals surface area (Å²) in [4.78, 5) is 12.4. The fourth-order valence-corrected chi connectivity index (χ4v) is 2.91. The Bertz CT molecular complexity index is 531. The van der Waals surface area contributed by atoms with Gasteiger partial charge in [0.05, 0.1) is 18.1 Å². The van der Waals surface area contributed by atoms with Crippen molar-refractivity contribution in [1.29, 1.82) is 0 Å². The summed E-state index contributed by atoms with van der Waals surface area (Å²) < 4.78 is 0. The summed E-state index contributed by atoms with van der Waals surface area (Å²) in [5.41, 5.74) is 2.57. The van der Waals surface area contributed by atoms with E-state index in [1.807, 2.05) is 6.92 Å². The number of aliphatic hydroxyl groups is 3. The monoisotopic (exact) mass is 264 g/mol. The fourth-order valence-electron chi connectivity index (χ4n) is 2.91. The third-order valence-corrected chi connectivity index (χ3v) is 4.16. The Balaban J connectivity index is 2.70. The number of Topliss-reactive ketones (excluding diaryl/α,β-unsaturated/α-hetero) is 1. The number of benzene rings is 1. The maximum atomic E-state index is 12.4. The van der Waals surface area contributed by atoms with E-state index in [-0.39, 0.29) is 19.0 Å². The quantitative estimate of drug-likeness (QED) is 0.768. The van der Waals surface area contributed by atoms with Crippen molar-refractivity contribution < 1.29 is 20.1 Å². The maximum Gasteiger partial charge on any atom is 0.172 e. The molecule has 0 aromatic heterocycles. The van der Waals surface area contributed by atoms with E-state index in [9.17, 15) is 15.0 Å². The van der Waals surface area contributed by atoms with Gasteiger partial charge >= 0.3 is 0 Å². The van der Waals surface area contributed by atoms with Crippen molar-refractivity contribution in [3.8, 4) is 0 Å². The number of rotatable bonds is 3. The van der Waals surface area contributed by atoms with Crippen LogP contribution in [0, 0.1) is 12.3 Å². The highest BCUT2D eigenvalue weighted by Crippen LogP contribution is 2.47. The van der Waals surface area contributed by atoms with E-state index >= 15 is 0 Å². The summed E-state index contributed by atoms with van der Waals surface area (Å²) in [5, 5.41) is 28.8. The molecule has 19 heavy (non-hydrogen) atoms. The van der Waals surface area contributed by atoms with Gasteiger partial charge in [-0.05, 0) is 55.5 Å². The van der Waals surface area contributed by atoms with Gasteiger partial charge in [0.15, 0.2) is 5.78 Å². The second-order valence-corrected chi connectivity index (χ2v) is 5.69. The van der Waals surface area contributed by atoms with Gasteiger partial charge in [-0.15, -0.1) is 0 Å². The Morgan fingerprint density at radius 1 is 1.32 bits per heavy atom. The first-order valence-corrected chi connectivity index (χ1v) is 6.46. The Labute approximate surface area is 112 Å². The lowest BCUT2D eigenvalue weighted by Gasteiger charge is -2.20. The smallest absolute Gasteiger partial charge is 0.172 e. The van der Waals surface area contributed by atoms with Gasteiger partial charge in [0.25, 0.3) is 0 Å². The first-order valence-electron chi connectivity index (χ1n) is 6.46. The van der Waals surface area contributed by atoms with Crippen LogP contribution >= 0.6 is 0 Å². The van der Waals surface area contributed by atoms with E-state index in [4.69, 9.17) is 5.11 Å². The highest BCUT2D eigenvalue weighted by molar-refractivity contribution is 6.06. The van der Waals surface area contributed by atoms with Crippen LogP contribution in [0.1, 0.15) is 52.6 Å². The Hall–Kier alpha value is -1.23. The molecule has 1 atom stereocenters. The molecule has 0 spiro atoms. The Morgan fingerprint density at radius 3 is 2.47 bits per heavy atom. The van der Waals surface area contributed by atoms with Crippen molar-refractivity contribution in [3.05, 3.63) is 33.9 Å². The zero-order valence-corrected chi connectivity index (χ0v) is 11.5. The van der Waals surface area contributed by atoms with Gasteiger partial charge in [-0.1, -0.05) is 0 Å². The lowest BCUT2D eigenvalue weighted by Crippen LogP contribution is -2.23. The fraction of sp³-hybridized carbons (Fsp3) is 0.533. The summed E-state index contributed by atoms with van der Waals surface area (Å²) in [5.74, 6) is -0.0730. The number of fused-ring (bicyclic) bond motifs is 1. The minimum absolute atomic E-state index is 0.0350. The van der Waals surface area contributed by atoms with Crippen molar-refractivity contribution in [2.75, 3.05) is 6.61 Å². The van der Waals surface area contributed by atoms with Gasteiger partial charge in [-0.25, -0.2) is 0 Å². The number of carbonyl (C=O) groups excluding carboxylic acids is 1. The van der Waals surface area contributed by atoms with Gasteiger partial charge < -0.3 is 15.3 Å². The molecule has 4 heteroatoms. The standard InChI is InChI=1S/C15H20O4/c1-8-10(4-5-16)9(7-17)6-11-12(8)14(19)15(2,3)13(11)18/h6,13,16-18H,4-5,7H2,1-3H3/t13-/m1/s1. The molecule has 0 heterocycles. The van der Waals surface area contributed by atoms with E-state index in [2.05, 4.69) is 0 Å². The predicted molar refractivity (Wildman–Crippen MR) is 71.0 cm³/mol. The lowest BCUT2D eigenvalue weighted by atomic mass is 9.86. The van der Waals surface area contributed by atoms with Crippen molar-refractivity contribution in [2.45, 2.75) is 39.9 Å². The van der Waals surface area contributed by atoms with Crippen molar-refractivity contribution in [2.24, 2.45) is 5.41 Å². The molecule has 0 bridgehead atoms. The average molecular weight is 264 g/mol. The number of aliphatic hydroxyl groups excluding tert-OH is 3. The van der Waals surface area contributed by atoms with Gasteiger partial charge in [0, 0.05) is 12.2 Å². The molecule has 1 aromatic rings. The Morgan fingerprint density at radius 2 is 1.95 bits per heavy atom. The normalized spacial score (nSPS) is 20.7. The largest absolute Gasteiger partial charge is 0.396 e. The van der Waals surface area contributed by atoms with Gasteiger partial charge in [0.2, 0.25) is 0 Å². The molecule has 1 aromatic carbocycles. The van der Waals surface area contributed by atoms with Crippen LogP contribution in [0.5, 0.6) is 0 Å². The minimum Gasteiger partial charge on any atom is -0.396 e. The summed E-state index contributed by atoms with van der Waals surface area (Å²) in [7, 11) is 0. The highest BCUT2D eigenvalue weighted by atomic mass is 16.3. The molecule has 1 aliphatic rings. The zero-order chi connectivity index (χ0) is 14.4. The number of ketones is 1. The second-order valence-electron chi connectivity index (χ2n) is 5.69. The van der Waals surface area contributed by atoms with Crippen molar-refractivity contribution in [1.82, 2.24) is 0 Å². The second kappa shape index (κ2) is 4.71. The number of carbonyl (C=O) groups is 1. The molecule has 0 unspecified atom stereocenters. The molecule has 0 aliphatic heterocycles. The topological polar surface area (TPSA) is 77.8 Å². The van der Waals surface area contributed by atoms with E-state index in [0.29, 0.717) is 23.1 Å². The highest BCUT2D eigenvalue weighted by Gasteiger charge is 2.46. The van der Waals surface area contributed by atoms with Crippen LogP contribution < -0.4 is 0 Å². The molecule has 104 valence electrons. The van der Waals surface area contributed by atoms with E-state index in [0.717, 1.165) is 11.1 Å². The van der Waals surface area contributed by atoms with Crippen LogP contribution in [0.3, 0.4) is 0 Å². The van der Waals surface area contributed by atoms with Crippen LogP contribution in [-0.2, 0) is 13.0 Å². The molecular weight excluding hydrogens is 244 g/mol. The SMILES string of the molecule is Cc1c(CCO)c(CO)cc2c1C(=O)C(C)(C)[C@@H]2O. The van der Waals surface area contributed by atoms with E-state index in [1.165, 1.54) is 0 Å². The molecule has 4 nitrogen and oxygen atoms in total. The molecular formula is C15H20O4. The van der Waals surface area contributed by atoms with Crippen LogP contribution in [0.2, 0.25) is 0 Å². The van der Waals surface area contributed by atoms with Crippen LogP contribution in [0.25, 0.3) is 0 Å². The molecule has 2 rings (SSSR count). The molecule has 0 radical (unpaired) electrons. The number of hydrogen-bond donors (Lipinski definition) is 3. The van der Waals surface area contributed by atoms with Gasteiger partial charge in [0.1, 0.15) is 0 Å². The zero-order valence-electron chi connectivity index (χ0n) is 11.5. The summed E-state index contributed by atoms with van der Waals surface area (Å²) in [6.45, 7) is 5.07. The minimum atomic E-state index is -0.845. The maximum absolute atomic E-state index is 12.4. The molecule has 0 saturated heterocycles. The molecule has 0 fully saturated rings. The third kappa shape index (κ3) is 1.91. The lowest BCUT2D eigenvalue weighted by molar-refractivity contribution is 0.0491. The van der Waals surface area contributed by atoms with Crippen molar-refractivity contribution in [3.63, 3.8) is 0 Å². The Kier molecular flexibility index (Phi) is 3.51. The third-order valence-electron chi connectivity index (χ3n) is 4.16. The van der Waals surface area contributed by atoms with E-state index < -0.39 is 11.5 Å². The predicted octanol–water partition coefficient (Wildman–Crippen LogP) is 1.28. The first kappa shape index (κ1) is 14.2. The first-order chi connectivity index (χ1) is 8.86. The summed E-state index contributed by atoms with van der Waals surface area (Å²) >= 11 is 0. The average Bonchev–Trinajstić information content (AvgIpc) is 2.54.